The number of ketones is 1. The number of hydrogen-bond acceptors (Lipinski definition) is 2. The second kappa shape index (κ2) is 4.23. The van der Waals surface area contributed by atoms with Gasteiger partial charge in [-0.25, -0.2) is 0 Å². The number of hydrogen-bond donors (Lipinski definition) is 0. The fraction of sp³-hybridized carbons (Fsp3) is 0.909. The molecule has 1 aliphatic rings. The van der Waals surface area contributed by atoms with Crippen LogP contribution in [0.5, 0.6) is 0 Å². The molecule has 0 aromatic heterocycles. The second-order valence-corrected chi connectivity index (χ2v) is 4.66. The molecule has 0 saturated carbocycles. The van der Waals surface area contributed by atoms with E-state index < -0.39 is 0 Å². The van der Waals surface area contributed by atoms with Crippen LogP contribution in [0.15, 0.2) is 0 Å². The van der Waals surface area contributed by atoms with Crippen molar-refractivity contribution in [1.82, 2.24) is 4.90 Å². The van der Waals surface area contributed by atoms with Crippen LogP contribution < -0.4 is 0 Å². The van der Waals surface area contributed by atoms with Crippen molar-refractivity contribution in [2.24, 2.45) is 11.8 Å². The van der Waals surface area contributed by atoms with Crippen molar-refractivity contribution in [2.45, 2.75) is 40.2 Å². The van der Waals surface area contributed by atoms with Gasteiger partial charge in [-0.05, 0) is 19.8 Å². The Kier molecular flexibility index (Phi) is 3.48. The van der Waals surface area contributed by atoms with Crippen molar-refractivity contribution in [3.05, 3.63) is 0 Å². The van der Waals surface area contributed by atoms with Crippen molar-refractivity contribution in [2.75, 3.05) is 13.1 Å². The zero-order chi connectivity index (χ0) is 10.0. The number of carbonyl (C=O) groups excluding carboxylic acids is 1. The quantitative estimate of drug-likeness (QED) is 0.652. The minimum Gasteiger partial charge on any atom is -0.300 e. The molecule has 2 nitrogen and oxygen atoms in total. The fourth-order valence-electron chi connectivity index (χ4n) is 1.94. The maximum atomic E-state index is 11.6. The average Bonchev–Trinajstić information content (AvgIpc) is 2.04. The Hall–Kier alpha value is -0.370. The van der Waals surface area contributed by atoms with Gasteiger partial charge in [0.25, 0.3) is 0 Å². The molecule has 0 amide bonds. The highest BCUT2D eigenvalue weighted by atomic mass is 16.1. The minimum absolute atomic E-state index is 0.274. The van der Waals surface area contributed by atoms with Crippen LogP contribution in [0.3, 0.4) is 0 Å². The normalized spacial score (nSPS) is 26.0. The molecular formula is C11H21NO. The molecular weight excluding hydrogens is 162 g/mol. The molecule has 13 heavy (non-hydrogen) atoms. The summed E-state index contributed by atoms with van der Waals surface area (Å²) in [7, 11) is 0. The van der Waals surface area contributed by atoms with Gasteiger partial charge in [-0.1, -0.05) is 13.8 Å². The lowest BCUT2D eigenvalue weighted by atomic mass is 9.86. The van der Waals surface area contributed by atoms with Gasteiger partial charge in [0.1, 0.15) is 5.78 Å². The molecule has 1 rings (SSSR count). The van der Waals surface area contributed by atoms with Crippen LogP contribution in [0, 0.1) is 11.8 Å². The topological polar surface area (TPSA) is 20.3 Å². The molecule has 1 unspecified atom stereocenters. The van der Waals surface area contributed by atoms with Crippen LogP contribution >= 0.6 is 0 Å². The molecule has 0 aromatic carbocycles. The Balaban J connectivity index is 2.58. The third-order valence-corrected chi connectivity index (χ3v) is 3.03. The Morgan fingerprint density at radius 1 is 1.31 bits per heavy atom. The summed E-state index contributed by atoms with van der Waals surface area (Å²) in [6.07, 6.45) is 0.751. The molecule has 0 spiro atoms. The van der Waals surface area contributed by atoms with E-state index in [4.69, 9.17) is 0 Å². The number of rotatable bonds is 2. The maximum absolute atomic E-state index is 11.6. The Bertz CT molecular complexity index is 187. The highest BCUT2D eigenvalue weighted by Gasteiger charge is 2.30. The summed E-state index contributed by atoms with van der Waals surface area (Å²) in [4.78, 5) is 14.0. The molecule has 76 valence electrons. The predicted octanol–water partition coefficient (Wildman–Crippen LogP) is 1.94. The zero-order valence-electron chi connectivity index (χ0n) is 9.21. The first-order valence-electron chi connectivity index (χ1n) is 5.29. The van der Waals surface area contributed by atoms with Crippen molar-refractivity contribution in [3.8, 4) is 0 Å². The molecule has 0 aromatic rings. The number of Topliss-reactive ketones (excluding diaryl/α,β-unsaturated/α-hetero) is 1. The van der Waals surface area contributed by atoms with Crippen molar-refractivity contribution >= 4 is 5.78 Å². The summed E-state index contributed by atoms with van der Waals surface area (Å²) in [6.45, 7) is 10.6. The van der Waals surface area contributed by atoms with Gasteiger partial charge in [0.05, 0.1) is 0 Å². The van der Waals surface area contributed by atoms with Crippen LogP contribution in [-0.2, 0) is 4.79 Å². The lowest BCUT2D eigenvalue weighted by molar-refractivity contribution is -0.128. The molecule has 1 heterocycles. The predicted molar refractivity (Wildman–Crippen MR) is 54.7 cm³/mol. The van der Waals surface area contributed by atoms with E-state index in [1.165, 1.54) is 0 Å². The minimum atomic E-state index is 0.274. The third-order valence-electron chi connectivity index (χ3n) is 3.03. The fourth-order valence-corrected chi connectivity index (χ4v) is 1.94. The van der Waals surface area contributed by atoms with Gasteiger partial charge < -0.3 is 0 Å². The van der Waals surface area contributed by atoms with Gasteiger partial charge in [-0.2, -0.15) is 0 Å². The molecule has 0 radical (unpaired) electrons. The summed E-state index contributed by atoms with van der Waals surface area (Å²) in [5.41, 5.74) is 0. The SMILES string of the molecule is CC(C)C1CN(C(C)C)CCC1=O. The van der Waals surface area contributed by atoms with Crippen molar-refractivity contribution < 1.29 is 4.79 Å². The van der Waals surface area contributed by atoms with E-state index >= 15 is 0 Å². The summed E-state index contributed by atoms with van der Waals surface area (Å²) in [5.74, 6) is 1.23. The average molecular weight is 183 g/mol. The Labute approximate surface area is 81.3 Å². The summed E-state index contributed by atoms with van der Waals surface area (Å²) in [5, 5.41) is 0. The first-order chi connectivity index (χ1) is 6.02. The largest absolute Gasteiger partial charge is 0.300 e. The van der Waals surface area contributed by atoms with Gasteiger partial charge in [-0.3, -0.25) is 9.69 Å². The van der Waals surface area contributed by atoms with E-state index in [0.29, 0.717) is 17.7 Å². The molecule has 1 fully saturated rings. The van der Waals surface area contributed by atoms with Crippen LogP contribution in [0.25, 0.3) is 0 Å². The number of carbonyl (C=O) groups is 1. The molecule has 0 aliphatic carbocycles. The summed E-state index contributed by atoms with van der Waals surface area (Å²) < 4.78 is 0. The Morgan fingerprint density at radius 2 is 1.92 bits per heavy atom. The van der Waals surface area contributed by atoms with E-state index in [1.54, 1.807) is 0 Å². The number of likely N-dealkylation sites (tertiary alicyclic amines) is 1. The first-order valence-corrected chi connectivity index (χ1v) is 5.29. The van der Waals surface area contributed by atoms with E-state index in [-0.39, 0.29) is 5.92 Å². The molecule has 2 heteroatoms. The van der Waals surface area contributed by atoms with Crippen molar-refractivity contribution in [1.29, 1.82) is 0 Å². The highest BCUT2D eigenvalue weighted by Crippen LogP contribution is 2.21. The maximum Gasteiger partial charge on any atom is 0.138 e. The molecule has 0 bridgehead atoms. The monoisotopic (exact) mass is 183 g/mol. The molecule has 1 aliphatic heterocycles. The van der Waals surface area contributed by atoms with Gasteiger partial charge in [-0.15, -0.1) is 0 Å². The van der Waals surface area contributed by atoms with Crippen LogP contribution in [0.2, 0.25) is 0 Å². The Morgan fingerprint density at radius 3 is 2.38 bits per heavy atom. The van der Waals surface area contributed by atoms with Gasteiger partial charge in [0.2, 0.25) is 0 Å². The van der Waals surface area contributed by atoms with Crippen LogP contribution in [0.4, 0.5) is 0 Å². The number of nitrogens with zero attached hydrogens (tertiary/aromatic N) is 1. The van der Waals surface area contributed by atoms with Crippen LogP contribution in [-0.4, -0.2) is 29.8 Å². The van der Waals surface area contributed by atoms with Gasteiger partial charge in [0.15, 0.2) is 0 Å². The third kappa shape index (κ3) is 2.53. The van der Waals surface area contributed by atoms with Crippen LogP contribution in [0.1, 0.15) is 34.1 Å². The first kappa shape index (κ1) is 10.7. The zero-order valence-corrected chi connectivity index (χ0v) is 9.21. The van der Waals surface area contributed by atoms with E-state index in [1.807, 2.05) is 0 Å². The summed E-state index contributed by atoms with van der Waals surface area (Å²) >= 11 is 0. The standard InChI is InChI=1S/C11H21NO/c1-8(2)10-7-12(9(3)4)6-5-11(10)13/h8-10H,5-7H2,1-4H3. The van der Waals surface area contributed by atoms with Gasteiger partial charge in [0, 0.05) is 31.5 Å². The van der Waals surface area contributed by atoms with Gasteiger partial charge >= 0.3 is 0 Å². The van der Waals surface area contributed by atoms with E-state index in [2.05, 4.69) is 32.6 Å². The molecule has 1 atom stereocenters. The summed E-state index contributed by atoms with van der Waals surface area (Å²) in [6, 6.07) is 0.578. The lowest BCUT2D eigenvalue weighted by Crippen LogP contribution is -2.45. The smallest absolute Gasteiger partial charge is 0.138 e. The van der Waals surface area contributed by atoms with Crippen molar-refractivity contribution in [3.63, 3.8) is 0 Å². The van der Waals surface area contributed by atoms with E-state index in [9.17, 15) is 4.79 Å². The lowest BCUT2D eigenvalue weighted by Gasteiger charge is -2.36. The molecule has 0 N–H and O–H groups in total. The number of piperidine rings is 1. The molecule has 1 saturated heterocycles. The second-order valence-electron chi connectivity index (χ2n) is 4.66. The highest BCUT2D eigenvalue weighted by molar-refractivity contribution is 5.82. The van der Waals surface area contributed by atoms with E-state index in [0.717, 1.165) is 19.5 Å².